The summed E-state index contributed by atoms with van der Waals surface area (Å²) in [7, 11) is 4.00. The van der Waals surface area contributed by atoms with Gasteiger partial charge in [-0.1, -0.05) is 36.4 Å². The summed E-state index contributed by atoms with van der Waals surface area (Å²) in [5, 5.41) is 0. The van der Waals surface area contributed by atoms with Crippen LogP contribution >= 0.6 is 0 Å². The molecular weight excluding hydrogens is 170 g/mol. The molecule has 0 aliphatic rings. The molecule has 0 saturated carbocycles. The normalized spacial score (nSPS) is 10.5. The van der Waals surface area contributed by atoms with Crippen LogP contribution in [0.2, 0.25) is 0 Å². The van der Waals surface area contributed by atoms with E-state index in [1.807, 2.05) is 31.3 Å². The maximum Gasteiger partial charge on any atom is 0.00556 e. The molecule has 1 nitrogen and oxygen atoms in total. The molecule has 1 aromatic carbocycles. The second kappa shape index (κ2) is 4.66. The molecule has 0 bridgehead atoms. The van der Waals surface area contributed by atoms with Gasteiger partial charge in [0.25, 0.3) is 0 Å². The van der Waals surface area contributed by atoms with Crippen molar-refractivity contribution in [2.24, 2.45) is 0 Å². The SMILES string of the molecule is C=C(/C=C\N(C)C)c1cccc(C)c1. The number of rotatable bonds is 3. The molecule has 0 saturated heterocycles. The second-order valence-electron chi connectivity index (χ2n) is 3.67. The number of hydrogen-bond donors (Lipinski definition) is 0. The molecule has 0 aliphatic heterocycles. The fourth-order valence-corrected chi connectivity index (χ4v) is 1.18. The van der Waals surface area contributed by atoms with Crippen molar-refractivity contribution < 1.29 is 0 Å². The van der Waals surface area contributed by atoms with Gasteiger partial charge in [0, 0.05) is 14.1 Å². The Balaban J connectivity index is 2.80. The van der Waals surface area contributed by atoms with Gasteiger partial charge in [0.05, 0.1) is 0 Å². The number of allylic oxidation sites excluding steroid dienone is 2. The molecule has 0 atom stereocenters. The molecule has 0 aromatic heterocycles. The topological polar surface area (TPSA) is 3.24 Å². The monoisotopic (exact) mass is 187 g/mol. The highest BCUT2D eigenvalue weighted by Gasteiger charge is 1.94. The maximum absolute atomic E-state index is 4.02. The van der Waals surface area contributed by atoms with Crippen LogP contribution in [-0.2, 0) is 0 Å². The van der Waals surface area contributed by atoms with Gasteiger partial charge in [-0.25, -0.2) is 0 Å². The Morgan fingerprint density at radius 3 is 2.64 bits per heavy atom. The summed E-state index contributed by atoms with van der Waals surface area (Å²) >= 11 is 0. The Morgan fingerprint density at radius 2 is 2.07 bits per heavy atom. The number of nitrogens with zero attached hydrogens (tertiary/aromatic N) is 1. The van der Waals surface area contributed by atoms with E-state index in [4.69, 9.17) is 0 Å². The summed E-state index contributed by atoms with van der Waals surface area (Å²) in [6.45, 7) is 6.11. The highest BCUT2D eigenvalue weighted by atomic mass is 15.0. The van der Waals surface area contributed by atoms with Gasteiger partial charge < -0.3 is 4.90 Å². The molecule has 14 heavy (non-hydrogen) atoms. The van der Waals surface area contributed by atoms with E-state index >= 15 is 0 Å². The van der Waals surface area contributed by atoms with Crippen LogP contribution in [0.4, 0.5) is 0 Å². The standard InChI is InChI=1S/C13H17N/c1-11-6-5-7-13(10-11)12(2)8-9-14(3)4/h5-10H,2H2,1,3-4H3/b9-8-. The van der Waals surface area contributed by atoms with Crippen molar-refractivity contribution in [2.75, 3.05) is 14.1 Å². The largest absolute Gasteiger partial charge is 0.383 e. The fraction of sp³-hybridized carbons (Fsp3) is 0.231. The first kappa shape index (κ1) is 10.6. The third-order valence-corrected chi connectivity index (χ3v) is 1.96. The molecule has 0 amide bonds. The Hall–Kier alpha value is -1.50. The third-order valence-electron chi connectivity index (χ3n) is 1.96. The van der Waals surface area contributed by atoms with Crippen LogP contribution in [0.5, 0.6) is 0 Å². The van der Waals surface area contributed by atoms with E-state index in [-0.39, 0.29) is 0 Å². The Labute approximate surface area is 86.4 Å². The molecule has 0 radical (unpaired) electrons. The lowest BCUT2D eigenvalue weighted by Crippen LogP contribution is -1.99. The van der Waals surface area contributed by atoms with Crippen LogP contribution in [-0.4, -0.2) is 19.0 Å². The molecule has 0 aliphatic carbocycles. The molecule has 1 rings (SSSR count). The van der Waals surface area contributed by atoms with Crippen LogP contribution in [0, 0.1) is 6.92 Å². The van der Waals surface area contributed by atoms with E-state index in [2.05, 4.69) is 37.8 Å². The molecular formula is C13H17N. The Bertz CT molecular complexity index is 348. The Morgan fingerprint density at radius 1 is 1.36 bits per heavy atom. The maximum atomic E-state index is 4.02. The van der Waals surface area contributed by atoms with E-state index in [1.54, 1.807) is 0 Å². The highest BCUT2D eigenvalue weighted by Crippen LogP contribution is 2.14. The molecule has 0 fully saturated rings. The van der Waals surface area contributed by atoms with E-state index < -0.39 is 0 Å². The fourth-order valence-electron chi connectivity index (χ4n) is 1.18. The molecule has 74 valence electrons. The first-order chi connectivity index (χ1) is 6.59. The minimum atomic E-state index is 1.04. The molecule has 0 N–H and O–H groups in total. The first-order valence-electron chi connectivity index (χ1n) is 4.70. The molecule has 0 unspecified atom stereocenters. The molecule has 1 heteroatoms. The van der Waals surface area contributed by atoms with Gasteiger partial charge in [0.2, 0.25) is 0 Å². The zero-order valence-electron chi connectivity index (χ0n) is 9.12. The second-order valence-corrected chi connectivity index (χ2v) is 3.67. The lowest BCUT2D eigenvalue weighted by molar-refractivity contribution is 0.564. The van der Waals surface area contributed by atoms with E-state index in [9.17, 15) is 0 Å². The quantitative estimate of drug-likeness (QED) is 0.657. The summed E-state index contributed by atoms with van der Waals surface area (Å²) in [5.41, 5.74) is 3.49. The van der Waals surface area contributed by atoms with Crippen molar-refractivity contribution in [1.82, 2.24) is 4.90 Å². The summed E-state index contributed by atoms with van der Waals surface area (Å²) in [6.07, 6.45) is 4.03. The molecule has 0 spiro atoms. The third kappa shape index (κ3) is 3.09. The van der Waals surface area contributed by atoms with Crippen molar-refractivity contribution in [1.29, 1.82) is 0 Å². The Kier molecular flexibility index (Phi) is 3.52. The van der Waals surface area contributed by atoms with Crippen molar-refractivity contribution in [3.05, 3.63) is 54.2 Å². The first-order valence-corrected chi connectivity index (χ1v) is 4.70. The van der Waals surface area contributed by atoms with Crippen molar-refractivity contribution in [2.45, 2.75) is 6.92 Å². The lowest BCUT2D eigenvalue weighted by atomic mass is 10.1. The zero-order valence-corrected chi connectivity index (χ0v) is 9.12. The van der Waals surface area contributed by atoms with Crippen LogP contribution < -0.4 is 0 Å². The number of hydrogen-bond acceptors (Lipinski definition) is 1. The average molecular weight is 187 g/mol. The van der Waals surface area contributed by atoms with Gasteiger partial charge in [-0.15, -0.1) is 0 Å². The number of aryl methyl sites for hydroxylation is 1. The van der Waals surface area contributed by atoms with Gasteiger partial charge in [0.15, 0.2) is 0 Å². The summed E-state index contributed by atoms with van der Waals surface area (Å²) in [4.78, 5) is 2.00. The van der Waals surface area contributed by atoms with Crippen LogP contribution in [0.3, 0.4) is 0 Å². The summed E-state index contributed by atoms with van der Waals surface area (Å²) in [5.74, 6) is 0. The molecule has 1 aromatic rings. The van der Waals surface area contributed by atoms with Crippen molar-refractivity contribution in [3.63, 3.8) is 0 Å². The lowest BCUT2D eigenvalue weighted by Gasteiger charge is -2.05. The smallest absolute Gasteiger partial charge is 0.00556 e. The van der Waals surface area contributed by atoms with Crippen molar-refractivity contribution in [3.8, 4) is 0 Å². The average Bonchev–Trinajstić information content (AvgIpc) is 2.14. The highest BCUT2D eigenvalue weighted by molar-refractivity contribution is 5.72. The van der Waals surface area contributed by atoms with Crippen LogP contribution in [0.15, 0.2) is 43.1 Å². The zero-order chi connectivity index (χ0) is 10.6. The van der Waals surface area contributed by atoms with Gasteiger partial charge in [0.1, 0.15) is 0 Å². The van der Waals surface area contributed by atoms with Gasteiger partial charge in [-0.3, -0.25) is 0 Å². The van der Waals surface area contributed by atoms with Crippen LogP contribution in [0.25, 0.3) is 5.57 Å². The molecule has 0 heterocycles. The van der Waals surface area contributed by atoms with Gasteiger partial charge >= 0.3 is 0 Å². The number of benzene rings is 1. The van der Waals surface area contributed by atoms with Crippen LogP contribution in [0.1, 0.15) is 11.1 Å². The predicted molar refractivity (Wildman–Crippen MR) is 63.0 cm³/mol. The summed E-state index contributed by atoms with van der Waals surface area (Å²) in [6, 6.07) is 8.36. The van der Waals surface area contributed by atoms with Gasteiger partial charge in [-0.2, -0.15) is 0 Å². The van der Waals surface area contributed by atoms with Gasteiger partial charge in [-0.05, 0) is 30.3 Å². The van der Waals surface area contributed by atoms with E-state index in [0.29, 0.717) is 0 Å². The van der Waals surface area contributed by atoms with E-state index in [1.165, 1.54) is 11.1 Å². The predicted octanol–water partition coefficient (Wildman–Crippen LogP) is 3.08. The van der Waals surface area contributed by atoms with E-state index in [0.717, 1.165) is 5.57 Å². The van der Waals surface area contributed by atoms with Crippen molar-refractivity contribution >= 4 is 5.57 Å². The minimum absolute atomic E-state index is 1.04. The summed E-state index contributed by atoms with van der Waals surface area (Å²) < 4.78 is 0. The minimum Gasteiger partial charge on any atom is -0.383 e.